The molecule has 5 heteroatoms. The van der Waals surface area contributed by atoms with Gasteiger partial charge in [-0.3, -0.25) is 4.79 Å². The number of piperidine rings is 1. The Labute approximate surface area is 132 Å². The summed E-state index contributed by atoms with van der Waals surface area (Å²) in [5.41, 5.74) is 0. The quantitative estimate of drug-likeness (QED) is 0.800. The molecule has 5 nitrogen and oxygen atoms in total. The van der Waals surface area contributed by atoms with Gasteiger partial charge in [0, 0.05) is 24.9 Å². The van der Waals surface area contributed by atoms with Gasteiger partial charge in [-0.05, 0) is 19.3 Å². The molecule has 0 spiro atoms. The Balaban J connectivity index is 1.70. The maximum atomic E-state index is 12.4. The number of hydrogen-bond donors (Lipinski definition) is 0. The molecule has 3 rings (SSSR count). The van der Waals surface area contributed by atoms with Crippen LogP contribution in [0.3, 0.4) is 0 Å². The normalized spacial score (nSPS) is 24.8. The van der Waals surface area contributed by atoms with E-state index in [1.54, 1.807) is 0 Å². The lowest BCUT2D eigenvalue weighted by Crippen LogP contribution is -2.45. The topological polar surface area (TPSA) is 59.2 Å². The van der Waals surface area contributed by atoms with Gasteiger partial charge in [0.2, 0.25) is 11.8 Å². The molecule has 1 aromatic rings. The third kappa shape index (κ3) is 3.33. The summed E-state index contributed by atoms with van der Waals surface area (Å²) >= 11 is 0. The van der Waals surface area contributed by atoms with Gasteiger partial charge in [0.1, 0.15) is 0 Å². The largest absolute Gasteiger partial charge is 0.339 e. The van der Waals surface area contributed by atoms with Crippen molar-refractivity contribution in [2.45, 2.75) is 83.1 Å². The predicted molar refractivity (Wildman–Crippen MR) is 83.6 cm³/mol. The van der Waals surface area contributed by atoms with Crippen molar-refractivity contribution in [2.24, 2.45) is 0 Å². The first-order chi connectivity index (χ1) is 10.6. The minimum Gasteiger partial charge on any atom is -0.339 e. The van der Waals surface area contributed by atoms with Gasteiger partial charge in [-0.25, -0.2) is 0 Å². The summed E-state index contributed by atoms with van der Waals surface area (Å²) in [4.78, 5) is 19.0. The highest BCUT2D eigenvalue weighted by molar-refractivity contribution is 5.77. The number of carbonyl (C=O) groups is 1. The van der Waals surface area contributed by atoms with E-state index < -0.39 is 0 Å². The minimum atomic E-state index is 0.209. The smallest absolute Gasteiger partial charge is 0.231 e. The van der Waals surface area contributed by atoms with Crippen LogP contribution in [-0.4, -0.2) is 33.5 Å². The summed E-state index contributed by atoms with van der Waals surface area (Å²) in [6.07, 6.45) is 8.86. The molecule has 1 amide bonds. The Hall–Kier alpha value is -1.39. The lowest BCUT2D eigenvalue weighted by Gasteiger charge is -2.37. The molecule has 0 bridgehead atoms. The molecule has 2 aliphatic rings. The summed E-state index contributed by atoms with van der Waals surface area (Å²) in [6, 6.07) is 0.422. The first-order valence-electron chi connectivity index (χ1n) is 8.78. The van der Waals surface area contributed by atoms with Gasteiger partial charge in [-0.1, -0.05) is 44.7 Å². The number of hydrogen-bond acceptors (Lipinski definition) is 4. The molecule has 1 saturated heterocycles. The van der Waals surface area contributed by atoms with E-state index in [4.69, 9.17) is 4.52 Å². The fourth-order valence-corrected chi connectivity index (χ4v) is 3.64. The molecule has 1 aliphatic carbocycles. The Morgan fingerprint density at radius 1 is 1.14 bits per heavy atom. The Morgan fingerprint density at radius 3 is 2.50 bits per heavy atom. The molecule has 2 fully saturated rings. The van der Waals surface area contributed by atoms with Crippen molar-refractivity contribution >= 4 is 5.91 Å². The van der Waals surface area contributed by atoms with E-state index in [9.17, 15) is 4.79 Å². The number of rotatable bonds is 3. The van der Waals surface area contributed by atoms with Gasteiger partial charge in [0.05, 0.1) is 5.92 Å². The summed E-state index contributed by atoms with van der Waals surface area (Å²) in [7, 11) is 0. The minimum absolute atomic E-state index is 0.209. The van der Waals surface area contributed by atoms with E-state index in [1.165, 1.54) is 25.7 Å². The van der Waals surface area contributed by atoms with Crippen molar-refractivity contribution in [3.05, 3.63) is 11.7 Å². The number of amides is 1. The molecule has 0 radical (unpaired) electrons. The van der Waals surface area contributed by atoms with Crippen LogP contribution >= 0.6 is 0 Å². The number of aromatic nitrogens is 2. The van der Waals surface area contributed by atoms with Gasteiger partial charge in [-0.2, -0.15) is 4.98 Å². The van der Waals surface area contributed by atoms with Gasteiger partial charge in [0.15, 0.2) is 5.82 Å². The molecule has 0 aromatic carbocycles. The van der Waals surface area contributed by atoms with Gasteiger partial charge in [-0.15, -0.1) is 0 Å². The molecule has 0 unspecified atom stereocenters. The highest BCUT2D eigenvalue weighted by Crippen LogP contribution is 2.31. The molecule has 2 heterocycles. The highest BCUT2D eigenvalue weighted by Gasteiger charge is 2.34. The van der Waals surface area contributed by atoms with Crippen LogP contribution in [0.4, 0.5) is 0 Å². The van der Waals surface area contributed by atoms with Gasteiger partial charge >= 0.3 is 0 Å². The van der Waals surface area contributed by atoms with Crippen molar-refractivity contribution in [3.8, 4) is 0 Å². The molecule has 1 aromatic heterocycles. The standard InChI is InChI=1S/C17H27N3O2/c1-12(2)16-18-17(22-19-16)13-9-10-15(21)20(11-13)14-7-5-3-4-6-8-14/h12-14H,3-11H2,1-2H3/t13-/m1/s1. The first-order valence-corrected chi connectivity index (χ1v) is 8.78. The second-order valence-electron chi connectivity index (χ2n) is 7.07. The van der Waals surface area contributed by atoms with E-state index in [0.717, 1.165) is 37.5 Å². The van der Waals surface area contributed by atoms with E-state index in [1.807, 2.05) is 0 Å². The Bertz CT molecular complexity index is 504. The monoisotopic (exact) mass is 305 g/mol. The predicted octanol–water partition coefficient (Wildman–Crippen LogP) is 3.62. The van der Waals surface area contributed by atoms with Crippen LogP contribution in [0.1, 0.15) is 88.8 Å². The number of nitrogens with zero attached hydrogens (tertiary/aromatic N) is 3. The lowest BCUT2D eigenvalue weighted by atomic mass is 9.94. The molecular formula is C17H27N3O2. The van der Waals surface area contributed by atoms with Crippen molar-refractivity contribution in [1.82, 2.24) is 15.0 Å². The van der Waals surface area contributed by atoms with Gasteiger partial charge in [0.25, 0.3) is 0 Å². The maximum absolute atomic E-state index is 12.4. The number of carbonyl (C=O) groups excluding carboxylic acids is 1. The van der Waals surface area contributed by atoms with E-state index in [2.05, 4.69) is 28.9 Å². The molecule has 122 valence electrons. The van der Waals surface area contributed by atoms with Crippen molar-refractivity contribution in [3.63, 3.8) is 0 Å². The van der Waals surface area contributed by atoms with Crippen LogP contribution in [0.2, 0.25) is 0 Å². The fourth-order valence-electron chi connectivity index (χ4n) is 3.64. The molecule has 0 N–H and O–H groups in total. The van der Waals surface area contributed by atoms with E-state index in [0.29, 0.717) is 18.4 Å². The van der Waals surface area contributed by atoms with Gasteiger partial charge < -0.3 is 9.42 Å². The summed E-state index contributed by atoms with van der Waals surface area (Å²) in [6.45, 7) is 4.89. The average Bonchev–Trinajstić information content (AvgIpc) is 2.85. The van der Waals surface area contributed by atoms with Crippen molar-refractivity contribution < 1.29 is 9.32 Å². The van der Waals surface area contributed by atoms with E-state index >= 15 is 0 Å². The highest BCUT2D eigenvalue weighted by atomic mass is 16.5. The zero-order valence-electron chi connectivity index (χ0n) is 13.8. The van der Waals surface area contributed by atoms with Crippen LogP contribution in [0.15, 0.2) is 4.52 Å². The summed E-state index contributed by atoms with van der Waals surface area (Å²) in [5.74, 6) is 2.29. The zero-order valence-corrected chi connectivity index (χ0v) is 13.8. The van der Waals surface area contributed by atoms with Crippen LogP contribution in [0.5, 0.6) is 0 Å². The van der Waals surface area contributed by atoms with Crippen molar-refractivity contribution in [1.29, 1.82) is 0 Å². The van der Waals surface area contributed by atoms with E-state index in [-0.39, 0.29) is 11.8 Å². The fraction of sp³-hybridized carbons (Fsp3) is 0.824. The number of likely N-dealkylation sites (tertiary alicyclic amines) is 1. The summed E-state index contributed by atoms with van der Waals surface area (Å²) < 4.78 is 5.46. The van der Waals surface area contributed by atoms with Crippen molar-refractivity contribution in [2.75, 3.05) is 6.54 Å². The molecule has 1 aliphatic heterocycles. The van der Waals surface area contributed by atoms with Crippen LogP contribution in [-0.2, 0) is 4.79 Å². The maximum Gasteiger partial charge on any atom is 0.231 e. The zero-order chi connectivity index (χ0) is 15.5. The van der Waals surface area contributed by atoms with Crippen LogP contribution < -0.4 is 0 Å². The average molecular weight is 305 g/mol. The summed E-state index contributed by atoms with van der Waals surface area (Å²) in [5, 5.41) is 4.07. The SMILES string of the molecule is CC(C)c1noc([C@@H]2CCC(=O)N(C3CCCCCC3)C2)n1. The third-order valence-electron chi connectivity index (χ3n) is 5.03. The Morgan fingerprint density at radius 2 is 1.86 bits per heavy atom. The molecule has 1 atom stereocenters. The second-order valence-corrected chi connectivity index (χ2v) is 7.07. The molecular weight excluding hydrogens is 278 g/mol. The lowest BCUT2D eigenvalue weighted by molar-refractivity contribution is -0.136. The molecule has 1 saturated carbocycles. The van der Waals surface area contributed by atoms with Crippen LogP contribution in [0, 0.1) is 0 Å². The Kier molecular flexibility index (Phi) is 4.79. The molecule has 22 heavy (non-hydrogen) atoms. The second kappa shape index (κ2) is 6.80. The van der Waals surface area contributed by atoms with Crippen LogP contribution in [0.25, 0.3) is 0 Å². The third-order valence-corrected chi connectivity index (χ3v) is 5.03. The first kappa shape index (κ1) is 15.5.